The lowest BCUT2D eigenvalue weighted by molar-refractivity contribution is -0.138. The van der Waals surface area contributed by atoms with Crippen LogP contribution in [0.5, 0.6) is 0 Å². The molecule has 1 atom stereocenters. The molecule has 1 rings (SSSR count). The van der Waals surface area contributed by atoms with Gasteiger partial charge in [-0.1, -0.05) is 32.8 Å². The normalized spacial score (nSPS) is 17.5. The SMILES string of the molecule is CCOC(=O)C(C)=C[C@H](C(C)C)N(C)C(=O)CNC(=O)C1(N(C)C)CCCC1. The molecule has 2 amide bonds. The summed E-state index contributed by atoms with van der Waals surface area (Å²) in [5.41, 5.74) is -0.0433. The highest BCUT2D eigenvalue weighted by atomic mass is 16.5. The van der Waals surface area contributed by atoms with Gasteiger partial charge in [0, 0.05) is 12.6 Å². The lowest BCUT2D eigenvalue weighted by Gasteiger charge is -2.35. The van der Waals surface area contributed by atoms with E-state index in [2.05, 4.69) is 5.32 Å². The van der Waals surface area contributed by atoms with Gasteiger partial charge < -0.3 is 15.0 Å². The lowest BCUT2D eigenvalue weighted by Crippen LogP contribution is -2.56. The minimum absolute atomic E-state index is 0.0551. The Labute approximate surface area is 169 Å². The number of likely N-dealkylation sites (N-methyl/N-ethyl adjacent to an activating group) is 2. The number of carbonyl (C=O) groups excluding carboxylic acids is 3. The van der Waals surface area contributed by atoms with Gasteiger partial charge in [0.05, 0.1) is 24.7 Å². The molecule has 1 saturated carbocycles. The molecule has 0 aliphatic heterocycles. The van der Waals surface area contributed by atoms with Gasteiger partial charge in [-0.3, -0.25) is 14.5 Å². The van der Waals surface area contributed by atoms with Crippen molar-refractivity contribution in [3.8, 4) is 0 Å². The zero-order chi connectivity index (χ0) is 21.5. The minimum atomic E-state index is -0.517. The summed E-state index contributed by atoms with van der Waals surface area (Å²) in [6, 6.07) is -0.261. The van der Waals surface area contributed by atoms with Gasteiger partial charge in [0.25, 0.3) is 0 Å². The molecule has 28 heavy (non-hydrogen) atoms. The number of nitrogens with one attached hydrogen (secondary N) is 1. The van der Waals surface area contributed by atoms with E-state index in [4.69, 9.17) is 4.74 Å². The Morgan fingerprint density at radius 2 is 1.71 bits per heavy atom. The maximum Gasteiger partial charge on any atom is 0.333 e. The number of amides is 2. The third-order valence-electron chi connectivity index (χ3n) is 5.65. The van der Waals surface area contributed by atoms with Crippen molar-refractivity contribution in [2.24, 2.45) is 5.92 Å². The molecule has 0 aromatic heterocycles. The van der Waals surface area contributed by atoms with E-state index in [0.29, 0.717) is 12.2 Å². The Balaban J connectivity index is 2.79. The highest BCUT2D eigenvalue weighted by Crippen LogP contribution is 2.33. The minimum Gasteiger partial charge on any atom is -0.463 e. The first-order chi connectivity index (χ1) is 13.1. The molecule has 1 fully saturated rings. The molecule has 0 saturated heterocycles. The van der Waals surface area contributed by atoms with Crippen molar-refractivity contribution in [3.63, 3.8) is 0 Å². The predicted octanol–water partition coefficient (Wildman–Crippen LogP) is 1.97. The number of hydrogen-bond acceptors (Lipinski definition) is 5. The molecule has 0 unspecified atom stereocenters. The van der Waals surface area contributed by atoms with Gasteiger partial charge in [-0.05, 0) is 46.7 Å². The Bertz CT molecular complexity index is 592. The fourth-order valence-corrected chi connectivity index (χ4v) is 3.77. The van der Waals surface area contributed by atoms with E-state index < -0.39 is 5.54 Å². The van der Waals surface area contributed by atoms with E-state index in [-0.39, 0.29) is 36.3 Å². The zero-order valence-corrected chi connectivity index (χ0v) is 18.5. The largest absolute Gasteiger partial charge is 0.463 e. The highest BCUT2D eigenvalue weighted by molar-refractivity contribution is 5.91. The summed E-state index contributed by atoms with van der Waals surface area (Å²) in [6.45, 7) is 7.68. The van der Waals surface area contributed by atoms with Crippen LogP contribution < -0.4 is 5.32 Å². The van der Waals surface area contributed by atoms with Crippen molar-refractivity contribution in [1.82, 2.24) is 15.1 Å². The molecule has 160 valence electrons. The molecule has 1 aliphatic rings. The molecule has 1 aliphatic carbocycles. The van der Waals surface area contributed by atoms with Crippen molar-refractivity contribution in [3.05, 3.63) is 11.6 Å². The third kappa shape index (κ3) is 5.80. The topological polar surface area (TPSA) is 79.0 Å². The number of nitrogens with zero attached hydrogens (tertiary/aromatic N) is 2. The molecule has 0 aromatic rings. The van der Waals surface area contributed by atoms with Gasteiger partial charge in [-0.2, -0.15) is 0 Å². The fourth-order valence-electron chi connectivity index (χ4n) is 3.77. The van der Waals surface area contributed by atoms with Crippen molar-refractivity contribution in [2.75, 3.05) is 34.3 Å². The van der Waals surface area contributed by atoms with E-state index >= 15 is 0 Å². The molecule has 0 bridgehead atoms. The van der Waals surface area contributed by atoms with E-state index in [1.54, 1.807) is 31.9 Å². The average molecular weight is 396 g/mol. The van der Waals surface area contributed by atoms with Crippen LogP contribution in [0.1, 0.15) is 53.4 Å². The van der Waals surface area contributed by atoms with Crippen molar-refractivity contribution < 1.29 is 19.1 Å². The zero-order valence-electron chi connectivity index (χ0n) is 18.5. The maximum atomic E-state index is 12.8. The maximum absolute atomic E-state index is 12.8. The van der Waals surface area contributed by atoms with Crippen molar-refractivity contribution in [1.29, 1.82) is 0 Å². The highest BCUT2D eigenvalue weighted by Gasteiger charge is 2.43. The Hall–Kier alpha value is -1.89. The molecule has 0 spiro atoms. The number of carbonyl (C=O) groups is 3. The predicted molar refractivity (Wildman–Crippen MR) is 110 cm³/mol. The Morgan fingerprint density at radius 1 is 1.14 bits per heavy atom. The summed E-state index contributed by atoms with van der Waals surface area (Å²) < 4.78 is 5.02. The summed E-state index contributed by atoms with van der Waals surface area (Å²) in [5.74, 6) is -0.545. The summed E-state index contributed by atoms with van der Waals surface area (Å²) in [6.07, 6.45) is 5.43. The summed E-state index contributed by atoms with van der Waals surface area (Å²) >= 11 is 0. The van der Waals surface area contributed by atoms with E-state index in [9.17, 15) is 14.4 Å². The van der Waals surface area contributed by atoms with Gasteiger partial charge in [-0.25, -0.2) is 4.79 Å². The molecule has 1 N–H and O–H groups in total. The van der Waals surface area contributed by atoms with Gasteiger partial charge in [0.2, 0.25) is 11.8 Å². The molecule has 7 heteroatoms. The van der Waals surface area contributed by atoms with Crippen LogP contribution in [0, 0.1) is 5.92 Å². The monoisotopic (exact) mass is 395 g/mol. The van der Waals surface area contributed by atoms with Crippen LogP contribution in [0.25, 0.3) is 0 Å². The lowest BCUT2D eigenvalue weighted by atomic mass is 9.95. The van der Waals surface area contributed by atoms with E-state index in [1.807, 2.05) is 32.8 Å². The van der Waals surface area contributed by atoms with Crippen LogP contribution >= 0.6 is 0 Å². The quantitative estimate of drug-likeness (QED) is 0.477. The summed E-state index contributed by atoms with van der Waals surface area (Å²) in [4.78, 5) is 40.9. The second kappa shape index (κ2) is 10.6. The van der Waals surface area contributed by atoms with Crippen LogP contribution in [0.4, 0.5) is 0 Å². The molecular formula is C21H37N3O4. The fraction of sp³-hybridized carbons (Fsp3) is 0.762. The van der Waals surface area contributed by atoms with Crippen molar-refractivity contribution >= 4 is 17.8 Å². The van der Waals surface area contributed by atoms with Gasteiger partial charge >= 0.3 is 5.97 Å². The van der Waals surface area contributed by atoms with Crippen LogP contribution in [0.15, 0.2) is 11.6 Å². The third-order valence-corrected chi connectivity index (χ3v) is 5.65. The standard InChI is InChI=1S/C21H37N3O4/c1-8-28-19(26)16(4)13-17(15(2)3)24(7)18(25)14-22-20(27)21(23(5)6)11-9-10-12-21/h13,15,17H,8-12,14H2,1-7H3,(H,22,27)/t17-/m1/s1. The number of rotatable bonds is 9. The smallest absolute Gasteiger partial charge is 0.333 e. The Morgan fingerprint density at radius 3 is 2.18 bits per heavy atom. The molecule has 0 aromatic carbocycles. The van der Waals surface area contributed by atoms with Crippen LogP contribution in [-0.2, 0) is 19.1 Å². The van der Waals surface area contributed by atoms with Crippen LogP contribution in [0.3, 0.4) is 0 Å². The molecule has 0 heterocycles. The van der Waals surface area contributed by atoms with Gasteiger partial charge in [0.15, 0.2) is 0 Å². The molecular weight excluding hydrogens is 358 g/mol. The number of ether oxygens (including phenoxy) is 1. The van der Waals surface area contributed by atoms with Gasteiger partial charge in [0.1, 0.15) is 0 Å². The van der Waals surface area contributed by atoms with Crippen LogP contribution in [-0.4, -0.2) is 73.5 Å². The van der Waals surface area contributed by atoms with E-state index in [1.165, 1.54) is 0 Å². The second-order valence-electron chi connectivity index (χ2n) is 8.13. The number of esters is 1. The average Bonchev–Trinajstić information content (AvgIpc) is 3.14. The first-order valence-electron chi connectivity index (χ1n) is 10.1. The number of hydrogen-bond donors (Lipinski definition) is 1. The van der Waals surface area contributed by atoms with Gasteiger partial charge in [-0.15, -0.1) is 0 Å². The van der Waals surface area contributed by atoms with Crippen molar-refractivity contribution in [2.45, 2.75) is 65.0 Å². The summed E-state index contributed by atoms with van der Waals surface area (Å²) in [5, 5.41) is 2.83. The second-order valence-corrected chi connectivity index (χ2v) is 8.13. The first-order valence-corrected chi connectivity index (χ1v) is 10.1. The van der Waals surface area contributed by atoms with Crippen LogP contribution in [0.2, 0.25) is 0 Å². The van der Waals surface area contributed by atoms with E-state index in [0.717, 1.165) is 25.7 Å². The summed E-state index contributed by atoms with van der Waals surface area (Å²) in [7, 11) is 5.53. The Kier molecular flexibility index (Phi) is 9.14. The first kappa shape index (κ1) is 24.1. The molecule has 0 radical (unpaired) electrons. The molecule has 7 nitrogen and oxygen atoms in total.